The van der Waals surface area contributed by atoms with Gasteiger partial charge in [0.05, 0.1) is 0 Å². The van der Waals surface area contributed by atoms with E-state index in [0.717, 1.165) is 17.4 Å². The molecule has 1 fully saturated rings. The van der Waals surface area contributed by atoms with Gasteiger partial charge < -0.3 is 15.4 Å². The van der Waals surface area contributed by atoms with Crippen LogP contribution in [0.5, 0.6) is 5.75 Å². The molecule has 142 valence electrons. The topological polar surface area (TPSA) is 45.7 Å². The Kier molecular flexibility index (Phi) is 8.81. The first-order valence-electron chi connectivity index (χ1n) is 8.17. The molecule has 1 aliphatic carbocycles. The molecule has 4 nitrogen and oxygen atoms in total. The van der Waals surface area contributed by atoms with Gasteiger partial charge in [-0.15, -0.1) is 24.0 Å². The van der Waals surface area contributed by atoms with E-state index in [1.54, 1.807) is 19.2 Å². The van der Waals surface area contributed by atoms with E-state index in [1.807, 2.05) is 0 Å². The molecule has 0 spiro atoms. The third-order valence-electron chi connectivity index (χ3n) is 3.91. The van der Waals surface area contributed by atoms with Crippen molar-refractivity contribution >= 4 is 29.9 Å². The highest BCUT2D eigenvalue weighted by molar-refractivity contribution is 14.0. The first kappa shape index (κ1) is 21.9. The molecule has 0 heterocycles. The van der Waals surface area contributed by atoms with Gasteiger partial charge in [0.2, 0.25) is 0 Å². The number of rotatable bonds is 7. The van der Waals surface area contributed by atoms with E-state index in [9.17, 15) is 13.2 Å². The molecule has 0 aliphatic heterocycles. The van der Waals surface area contributed by atoms with Crippen LogP contribution in [0.25, 0.3) is 0 Å². The Morgan fingerprint density at radius 1 is 1.28 bits per heavy atom. The number of alkyl halides is 3. The number of guanidine groups is 1. The molecule has 0 radical (unpaired) electrons. The summed E-state index contributed by atoms with van der Waals surface area (Å²) >= 11 is 0. The van der Waals surface area contributed by atoms with Gasteiger partial charge >= 0.3 is 6.18 Å². The van der Waals surface area contributed by atoms with Crippen molar-refractivity contribution in [3.8, 4) is 5.75 Å². The van der Waals surface area contributed by atoms with Crippen molar-refractivity contribution in [1.82, 2.24) is 10.6 Å². The quantitative estimate of drug-likeness (QED) is 0.358. The van der Waals surface area contributed by atoms with Gasteiger partial charge in [0.15, 0.2) is 12.6 Å². The first-order chi connectivity index (χ1) is 11.4. The first-order valence-corrected chi connectivity index (χ1v) is 8.17. The summed E-state index contributed by atoms with van der Waals surface area (Å²) in [5.74, 6) is 1.69. The van der Waals surface area contributed by atoms with Crippen molar-refractivity contribution in [1.29, 1.82) is 0 Å². The maximum absolute atomic E-state index is 12.1. The highest BCUT2D eigenvalue weighted by atomic mass is 127. The van der Waals surface area contributed by atoms with Crippen LogP contribution in [0.3, 0.4) is 0 Å². The molecule has 2 unspecified atom stereocenters. The summed E-state index contributed by atoms with van der Waals surface area (Å²) in [4.78, 5) is 4.20. The summed E-state index contributed by atoms with van der Waals surface area (Å²) in [7, 11) is 1.72. The van der Waals surface area contributed by atoms with Crippen LogP contribution in [0.1, 0.15) is 31.7 Å². The minimum Gasteiger partial charge on any atom is -0.484 e. The summed E-state index contributed by atoms with van der Waals surface area (Å²) in [5.41, 5.74) is 0.943. The minimum atomic E-state index is -4.32. The van der Waals surface area contributed by atoms with Gasteiger partial charge in [-0.25, -0.2) is 0 Å². The van der Waals surface area contributed by atoms with Crippen molar-refractivity contribution in [3.05, 3.63) is 29.8 Å². The second-order valence-corrected chi connectivity index (χ2v) is 6.01. The van der Waals surface area contributed by atoms with E-state index in [0.29, 0.717) is 12.6 Å². The zero-order chi connectivity index (χ0) is 17.6. The number of ether oxygens (including phenoxy) is 1. The summed E-state index contributed by atoms with van der Waals surface area (Å²) in [6, 6.07) is 7.05. The molecule has 0 bridgehead atoms. The smallest absolute Gasteiger partial charge is 0.422 e. The fraction of sp³-hybridized carbons (Fsp3) is 0.588. The van der Waals surface area contributed by atoms with Gasteiger partial charge in [-0.3, -0.25) is 4.99 Å². The van der Waals surface area contributed by atoms with Gasteiger partial charge in [0.25, 0.3) is 0 Å². The van der Waals surface area contributed by atoms with Crippen LogP contribution in [0.2, 0.25) is 0 Å². The molecule has 0 saturated heterocycles. The van der Waals surface area contributed by atoms with Gasteiger partial charge in [0.1, 0.15) is 5.75 Å². The number of hydrogen-bond acceptors (Lipinski definition) is 2. The van der Waals surface area contributed by atoms with Gasteiger partial charge in [-0.1, -0.05) is 25.5 Å². The van der Waals surface area contributed by atoms with Crippen LogP contribution in [0.4, 0.5) is 13.2 Å². The zero-order valence-corrected chi connectivity index (χ0v) is 16.7. The van der Waals surface area contributed by atoms with E-state index in [1.165, 1.54) is 31.4 Å². The Morgan fingerprint density at radius 3 is 2.52 bits per heavy atom. The van der Waals surface area contributed by atoms with E-state index in [2.05, 4.69) is 27.3 Å². The second kappa shape index (κ2) is 10.1. The number of benzene rings is 1. The van der Waals surface area contributed by atoms with Crippen LogP contribution in [-0.4, -0.2) is 31.8 Å². The van der Waals surface area contributed by atoms with Crippen molar-refractivity contribution in [2.45, 2.75) is 44.9 Å². The highest BCUT2D eigenvalue weighted by Crippen LogP contribution is 2.34. The molecule has 0 aromatic heterocycles. The predicted octanol–water partition coefficient (Wildman–Crippen LogP) is 4.10. The molecular formula is C17H25F3IN3O. The van der Waals surface area contributed by atoms with Gasteiger partial charge in [-0.2, -0.15) is 13.2 Å². The second-order valence-electron chi connectivity index (χ2n) is 6.01. The van der Waals surface area contributed by atoms with Crippen molar-refractivity contribution in [2.75, 3.05) is 13.7 Å². The van der Waals surface area contributed by atoms with Gasteiger partial charge in [0, 0.05) is 19.6 Å². The molecule has 2 atom stereocenters. The third kappa shape index (κ3) is 8.15. The Balaban J connectivity index is 0.00000312. The Bertz CT molecular complexity index is 549. The molecule has 2 N–H and O–H groups in total. The van der Waals surface area contributed by atoms with Crippen molar-refractivity contribution < 1.29 is 17.9 Å². The van der Waals surface area contributed by atoms with E-state index >= 15 is 0 Å². The SMILES string of the molecule is CCCC1CC1NC(=NC)NCc1ccc(OCC(F)(F)F)cc1.I. The summed E-state index contributed by atoms with van der Waals surface area (Å²) in [5, 5.41) is 6.60. The number of nitrogens with zero attached hydrogens (tertiary/aromatic N) is 1. The van der Waals surface area contributed by atoms with E-state index in [4.69, 9.17) is 0 Å². The number of aliphatic imine (C=N–C) groups is 1. The van der Waals surface area contributed by atoms with Crippen molar-refractivity contribution in [2.24, 2.45) is 10.9 Å². The monoisotopic (exact) mass is 471 g/mol. The van der Waals surface area contributed by atoms with Crippen LogP contribution in [0, 0.1) is 5.92 Å². The Labute approximate surface area is 163 Å². The number of halogens is 4. The van der Waals surface area contributed by atoms with Crippen LogP contribution in [0.15, 0.2) is 29.3 Å². The number of hydrogen-bond donors (Lipinski definition) is 2. The van der Waals surface area contributed by atoms with Crippen LogP contribution < -0.4 is 15.4 Å². The zero-order valence-electron chi connectivity index (χ0n) is 14.4. The fourth-order valence-electron chi connectivity index (χ4n) is 2.54. The van der Waals surface area contributed by atoms with Crippen LogP contribution >= 0.6 is 24.0 Å². The summed E-state index contributed by atoms with van der Waals surface area (Å²) in [6.07, 6.45) is -0.720. The molecular weight excluding hydrogens is 446 g/mol. The standard InChI is InChI=1S/C17H24F3N3O.HI/c1-3-4-13-9-15(13)23-16(21-2)22-10-12-5-7-14(8-6-12)24-11-17(18,19)20;/h5-8,13,15H,3-4,9-11H2,1-2H3,(H2,21,22,23);1H. The lowest BCUT2D eigenvalue weighted by Gasteiger charge is -2.13. The average Bonchev–Trinajstić information content (AvgIpc) is 3.27. The molecule has 1 aliphatic rings. The number of nitrogens with one attached hydrogen (secondary N) is 2. The van der Waals surface area contributed by atoms with Gasteiger partial charge in [-0.05, 0) is 36.5 Å². The van der Waals surface area contributed by atoms with E-state index < -0.39 is 12.8 Å². The fourth-order valence-corrected chi connectivity index (χ4v) is 2.54. The maximum Gasteiger partial charge on any atom is 0.422 e. The summed E-state index contributed by atoms with van der Waals surface area (Å²) in [6.45, 7) is 1.45. The predicted molar refractivity (Wildman–Crippen MR) is 104 cm³/mol. The largest absolute Gasteiger partial charge is 0.484 e. The molecule has 1 saturated carbocycles. The van der Waals surface area contributed by atoms with Crippen LogP contribution in [-0.2, 0) is 6.54 Å². The summed E-state index contributed by atoms with van der Waals surface area (Å²) < 4.78 is 41.0. The average molecular weight is 471 g/mol. The lowest BCUT2D eigenvalue weighted by atomic mass is 10.2. The van der Waals surface area contributed by atoms with Crippen molar-refractivity contribution in [3.63, 3.8) is 0 Å². The molecule has 1 aromatic carbocycles. The van der Waals surface area contributed by atoms with E-state index in [-0.39, 0.29) is 29.7 Å². The molecule has 0 amide bonds. The normalized spacial score (nSPS) is 19.8. The lowest BCUT2D eigenvalue weighted by molar-refractivity contribution is -0.153. The lowest BCUT2D eigenvalue weighted by Crippen LogP contribution is -2.38. The third-order valence-corrected chi connectivity index (χ3v) is 3.91. The highest BCUT2D eigenvalue weighted by Gasteiger charge is 2.36. The Hall–Kier alpha value is -1.19. The molecule has 25 heavy (non-hydrogen) atoms. The maximum atomic E-state index is 12.1. The molecule has 8 heteroatoms. The molecule has 2 rings (SSSR count). The molecule has 1 aromatic rings. The Morgan fingerprint density at radius 2 is 1.96 bits per heavy atom. The minimum absolute atomic E-state index is 0.